The molecule has 5 nitrogen and oxygen atoms in total. The number of anilines is 1. The number of aryl methyl sites for hydroxylation is 1. The van der Waals surface area contributed by atoms with Crippen LogP contribution >= 0.6 is 11.6 Å². The zero-order valence-corrected chi connectivity index (χ0v) is 15.5. The molecule has 0 radical (unpaired) electrons. The largest absolute Gasteiger partial charge is 0.368 e. The number of benzene rings is 2. The predicted molar refractivity (Wildman–Crippen MR) is 104 cm³/mol. The number of nitrogens with one attached hydrogen (secondary N) is 1. The minimum Gasteiger partial charge on any atom is -0.368 e. The highest BCUT2D eigenvalue weighted by Gasteiger charge is 2.21. The van der Waals surface area contributed by atoms with E-state index in [1.165, 1.54) is 0 Å². The van der Waals surface area contributed by atoms with Crippen LogP contribution in [0.25, 0.3) is 0 Å². The van der Waals surface area contributed by atoms with Gasteiger partial charge in [0.1, 0.15) is 0 Å². The fraction of sp³-hybridized carbons (Fsp3) is 0.300. The Balaban J connectivity index is 1.47. The van der Waals surface area contributed by atoms with Crippen molar-refractivity contribution in [2.75, 3.05) is 37.6 Å². The molecule has 0 aromatic heterocycles. The van der Waals surface area contributed by atoms with Crippen molar-refractivity contribution in [3.05, 3.63) is 64.7 Å². The summed E-state index contributed by atoms with van der Waals surface area (Å²) in [6.45, 7) is 4.76. The van der Waals surface area contributed by atoms with Crippen molar-refractivity contribution in [3.63, 3.8) is 0 Å². The minimum atomic E-state index is -0.221. The first-order valence-corrected chi connectivity index (χ1v) is 9.04. The minimum absolute atomic E-state index is 0.0215. The standard InChI is InChI=1S/C20H22ClN3O2/c1-15-3-2-4-16(13-15)20(26)22-14-19(25)24-11-9-23(10-12-24)18-7-5-17(21)6-8-18/h2-8,13H,9-12,14H2,1H3,(H,22,26). The lowest BCUT2D eigenvalue weighted by Crippen LogP contribution is -2.51. The first-order chi connectivity index (χ1) is 12.5. The van der Waals surface area contributed by atoms with Crippen molar-refractivity contribution in [1.29, 1.82) is 0 Å². The molecule has 2 aromatic rings. The summed E-state index contributed by atoms with van der Waals surface area (Å²) in [5.41, 5.74) is 2.70. The van der Waals surface area contributed by atoms with Crippen molar-refractivity contribution < 1.29 is 9.59 Å². The summed E-state index contributed by atoms with van der Waals surface area (Å²) in [7, 11) is 0. The zero-order valence-electron chi connectivity index (χ0n) is 14.7. The second-order valence-corrected chi connectivity index (χ2v) is 6.83. The van der Waals surface area contributed by atoms with Crippen LogP contribution in [0.15, 0.2) is 48.5 Å². The molecule has 26 heavy (non-hydrogen) atoms. The Labute approximate surface area is 158 Å². The molecule has 0 aliphatic carbocycles. The summed E-state index contributed by atoms with van der Waals surface area (Å²) < 4.78 is 0. The molecule has 6 heteroatoms. The van der Waals surface area contributed by atoms with Gasteiger partial charge in [-0.3, -0.25) is 9.59 Å². The molecule has 136 valence electrons. The van der Waals surface area contributed by atoms with E-state index in [1.807, 2.05) is 49.4 Å². The van der Waals surface area contributed by atoms with Gasteiger partial charge >= 0.3 is 0 Å². The highest BCUT2D eigenvalue weighted by molar-refractivity contribution is 6.30. The van der Waals surface area contributed by atoms with Crippen LogP contribution in [0, 0.1) is 6.92 Å². The van der Waals surface area contributed by atoms with E-state index in [0.717, 1.165) is 24.3 Å². The van der Waals surface area contributed by atoms with Crippen molar-refractivity contribution >= 4 is 29.1 Å². The van der Waals surface area contributed by atoms with E-state index in [0.29, 0.717) is 23.7 Å². The topological polar surface area (TPSA) is 52.7 Å². The van der Waals surface area contributed by atoms with Crippen LogP contribution in [0.3, 0.4) is 0 Å². The Morgan fingerprint density at radius 3 is 2.38 bits per heavy atom. The molecule has 0 spiro atoms. The summed E-state index contributed by atoms with van der Waals surface area (Å²) in [5.74, 6) is -0.274. The maximum atomic E-state index is 12.4. The van der Waals surface area contributed by atoms with E-state index < -0.39 is 0 Å². The molecule has 1 aliphatic heterocycles. The van der Waals surface area contributed by atoms with E-state index >= 15 is 0 Å². The molecule has 1 aliphatic rings. The highest BCUT2D eigenvalue weighted by atomic mass is 35.5. The summed E-state index contributed by atoms with van der Waals surface area (Å²) in [5, 5.41) is 3.43. The van der Waals surface area contributed by atoms with Crippen molar-refractivity contribution in [2.45, 2.75) is 6.92 Å². The Morgan fingerprint density at radius 1 is 1.04 bits per heavy atom. The third-order valence-electron chi connectivity index (χ3n) is 4.50. The zero-order chi connectivity index (χ0) is 18.5. The number of carbonyl (C=O) groups excluding carboxylic acids is 2. The Hall–Kier alpha value is -2.53. The molecule has 1 heterocycles. The lowest BCUT2D eigenvalue weighted by molar-refractivity contribution is -0.130. The van der Waals surface area contributed by atoms with Gasteiger partial charge in [-0.2, -0.15) is 0 Å². The Morgan fingerprint density at radius 2 is 1.73 bits per heavy atom. The van der Waals surface area contributed by atoms with E-state index in [1.54, 1.807) is 11.0 Å². The van der Waals surface area contributed by atoms with Gasteiger partial charge in [-0.25, -0.2) is 0 Å². The van der Waals surface area contributed by atoms with Crippen LogP contribution in [-0.2, 0) is 4.79 Å². The molecule has 1 saturated heterocycles. The molecule has 1 fully saturated rings. The Bertz CT molecular complexity index is 784. The van der Waals surface area contributed by atoms with Gasteiger partial charge in [-0.15, -0.1) is 0 Å². The molecule has 3 rings (SSSR count). The number of hydrogen-bond donors (Lipinski definition) is 1. The number of hydrogen-bond acceptors (Lipinski definition) is 3. The summed E-state index contributed by atoms with van der Waals surface area (Å²) in [6, 6.07) is 15.0. The number of nitrogens with zero attached hydrogens (tertiary/aromatic N) is 2. The first kappa shape index (κ1) is 18.3. The van der Waals surface area contributed by atoms with Gasteiger partial charge < -0.3 is 15.1 Å². The van der Waals surface area contributed by atoms with Gasteiger partial charge in [0.15, 0.2) is 0 Å². The maximum absolute atomic E-state index is 12.4. The second-order valence-electron chi connectivity index (χ2n) is 6.40. The second kappa shape index (κ2) is 8.23. The van der Waals surface area contributed by atoms with Crippen molar-refractivity contribution in [2.24, 2.45) is 0 Å². The van der Waals surface area contributed by atoms with Gasteiger partial charge in [0.05, 0.1) is 6.54 Å². The molecule has 0 bridgehead atoms. The molecule has 2 aromatic carbocycles. The predicted octanol–water partition coefficient (Wildman–Crippen LogP) is 2.73. The van der Waals surface area contributed by atoms with E-state index in [-0.39, 0.29) is 18.4 Å². The average molecular weight is 372 g/mol. The first-order valence-electron chi connectivity index (χ1n) is 8.66. The highest BCUT2D eigenvalue weighted by Crippen LogP contribution is 2.19. The lowest BCUT2D eigenvalue weighted by Gasteiger charge is -2.36. The molecular formula is C20H22ClN3O2. The van der Waals surface area contributed by atoms with E-state index in [9.17, 15) is 9.59 Å². The Kier molecular flexibility index (Phi) is 5.78. The fourth-order valence-electron chi connectivity index (χ4n) is 3.02. The third kappa shape index (κ3) is 4.55. The monoisotopic (exact) mass is 371 g/mol. The molecule has 0 unspecified atom stereocenters. The molecule has 0 saturated carbocycles. The van der Waals surface area contributed by atoms with Gasteiger partial charge in [0.2, 0.25) is 5.91 Å². The third-order valence-corrected chi connectivity index (χ3v) is 4.76. The van der Waals surface area contributed by atoms with E-state index in [2.05, 4.69) is 10.2 Å². The van der Waals surface area contributed by atoms with Crippen LogP contribution in [0.1, 0.15) is 15.9 Å². The maximum Gasteiger partial charge on any atom is 0.251 e. The smallest absolute Gasteiger partial charge is 0.251 e. The number of amides is 2. The SMILES string of the molecule is Cc1cccc(C(=O)NCC(=O)N2CCN(c3ccc(Cl)cc3)CC2)c1. The molecule has 2 amide bonds. The average Bonchev–Trinajstić information content (AvgIpc) is 2.66. The number of piperazine rings is 1. The van der Waals surface area contributed by atoms with Gasteiger partial charge in [-0.05, 0) is 43.3 Å². The van der Waals surface area contributed by atoms with Gasteiger partial charge in [0.25, 0.3) is 5.91 Å². The van der Waals surface area contributed by atoms with Crippen LogP contribution in [0.4, 0.5) is 5.69 Å². The summed E-state index contributed by atoms with van der Waals surface area (Å²) in [4.78, 5) is 28.5. The molecule has 1 N–H and O–H groups in total. The molecule has 0 atom stereocenters. The van der Waals surface area contributed by atoms with Crippen LogP contribution in [0.2, 0.25) is 5.02 Å². The number of rotatable bonds is 4. The number of carbonyl (C=O) groups is 2. The van der Waals surface area contributed by atoms with Gasteiger partial charge in [-0.1, -0.05) is 29.3 Å². The summed E-state index contributed by atoms with van der Waals surface area (Å²) in [6.07, 6.45) is 0. The fourth-order valence-corrected chi connectivity index (χ4v) is 3.15. The van der Waals surface area contributed by atoms with Crippen molar-refractivity contribution in [3.8, 4) is 0 Å². The van der Waals surface area contributed by atoms with E-state index in [4.69, 9.17) is 11.6 Å². The molecular weight excluding hydrogens is 350 g/mol. The normalized spacial score (nSPS) is 14.2. The lowest BCUT2D eigenvalue weighted by atomic mass is 10.1. The summed E-state index contributed by atoms with van der Waals surface area (Å²) >= 11 is 5.92. The van der Waals surface area contributed by atoms with Gasteiger partial charge in [0, 0.05) is 42.5 Å². The quantitative estimate of drug-likeness (QED) is 0.899. The van der Waals surface area contributed by atoms with Crippen LogP contribution in [0.5, 0.6) is 0 Å². The van der Waals surface area contributed by atoms with Crippen LogP contribution in [-0.4, -0.2) is 49.4 Å². The van der Waals surface area contributed by atoms with Crippen molar-refractivity contribution in [1.82, 2.24) is 10.2 Å². The number of halogens is 1. The van der Waals surface area contributed by atoms with Crippen LogP contribution < -0.4 is 10.2 Å².